The van der Waals surface area contributed by atoms with E-state index in [1.165, 1.54) is 0 Å². The van der Waals surface area contributed by atoms with Crippen LogP contribution in [0.5, 0.6) is 0 Å². The summed E-state index contributed by atoms with van der Waals surface area (Å²) in [6.45, 7) is 4.10. The number of nitriles is 1. The predicted octanol–water partition coefficient (Wildman–Crippen LogP) is 5.78. The largest absolute Gasteiger partial charge is 0.232 e. The number of benzene rings is 3. The summed E-state index contributed by atoms with van der Waals surface area (Å²) in [5.74, 6) is 2.48. The molecular formula is C25H20NOS. The lowest BCUT2D eigenvalue weighted by Crippen LogP contribution is -2.12. The number of allylic oxidation sites excluding steroid dienone is 1. The zero-order valence-electron chi connectivity index (χ0n) is 16.0. The van der Waals surface area contributed by atoms with Gasteiger partial charge in [0, 0.05) is 4.86 Å². The molecule has 0 amide bonds. The van der Waals surface area contributed by atoms with E-state index < -0.39 is 0 Å². The van der Waals surface area contributed by atoms with E-state index in [2.05, 4.69) is 13.0 Å². The molecule has 3 aromatic carbocycles. The van der Waals surface area contributed by atoms with E-state index in [9.17, 15) is 10.1 Å². The molecule has 0 unspecified atom stereocenters. The number of hydrogen-bond donors (Lipinski definition) is 0. The van der Waals surface area contributed by atoms with Gasteiger partial charge in [-0.05, 0) is 45.9 Å². The Bertz CT molecular complexity index is 1130. The molecule has 2 nitrogen and oxygen atoms in total. The molecule has 3 rings (SSSR count). The molecule has 3 heteroatoms. The van der Waals surface area contributed by atoms with Crippen LogP contribution in [0.4, 0.5) is 0 Å². The molecule has 1 radical (unpaired) electrons. The second-order valence-electron chi connectivity index (χ2n) is 6.45. The van der Waals surface area contributed by atoms with E-state index in [1.54, 1.807) is 0 Å². The summed E-state index contributed by atoms with van der Waals surface area (Å²) in [6, 6.07) is 21.9. The van der Waals surface area contributed by atoms with Gasteiger partial charge in [0.15, 0.2) is 0 Å². The van der Waals surface area contributed by atoms with Crippen molar-refractivity contribution in [2.45, 2.75) is 26.7 Å². The Morgan fingerprint density at radius 3 is 2.25 bits per heavy atom. The first kappa shape index (κ1) is 19.7. The van der Waals surface area contributed by atoms with Crippen LogP contribution < -0.4 is 0 Å². The summed E-state index contributed by atoms with van der Waals surface area (Å²) in [5, 5.41) is 11.7. The Morgan fingerprint density at radius 2 is 1.57 bits per heavy atom. The molecule has 0 aliphatic heterocycles. The maximum atomic E-state index is 11.7. The molecule has 0 N–H and O–H groups in total. The summed E-state index contributed by atoms with van der Waals surface area (Å²) in [6.07, 6.45) is 1.52. The highest BCUT2D eigenvalue weighted by molar-refractivity contribution is 7.80. The fraction of sp³-hybridized carbons (Fsp3) is 0.160. The van der Waals surface area contributed by atoms with E-state index in [0.29, 0.717) is 5.92 Å². The quantitative estimate of drug-likeness (QED) is 0.235. The van der Waals surface area contributed by atoms with Gasteiger partial charge in [0.2, 0.25) is 0 Å². The van der Waals surface area contributed by atoms with E-state index in [-0.39, 0.29) is 5.57 Å². The molecule has 0 spiro atoms. The third kappa shape index (κ3) is 3.53. The molecule has 0 saturated carbocycles. The van der Waals surface area contributed by atoms with Crippen LogP contribution in [0.3, 0.4) is 0 Å². The number of fused-ring (bicyclic) bond motifs is 1. The van der Waals surface area contributed by atoms with Gasteiger partial charge in [0.05, 0.1) is 5.92 Å². The third-order valence-corrected chi connectivity index (χ3v) is 5.45. The molecule has 3 aromatic rings. The van der Waals surface area contributed by atoms with Crippen molar-refractivity contribution in [3.63, 3.8) is 0 Å². The zero-order chi connectivity index (χ0) is 20.1. The molecule has 137 valence electrons. The summed E-state index contributed by atoms with van der Waals surface area (Å²) >= 11 is 5.58. The number of hydrogen-bond acceptors (Lipinski definition) is 3. The zero-order valence-corrected chi connectivity index (χ0v) is 16.8. The van der Waals surface area contributed by atoms with Crippen molar-refractivity contribution in [1.29, 1.82) is 5.26 Å². The minimum Gasteiger partial charge on any atom is -0.232 e. The molecule has 28 heavy (non-hydrogen) atoms. The minimum atomic E-state index is 0.00520. The molecule has 0 aliphatic carbocycles. The van der Waals surface area contributed by atoms with Gasteiger partial charge in [-0.25, -0.2) is 4.79 Å². The second kappa shape index (κ2) is 8.76. The van der Waals surface area contributed by atoms with Crippen LogP contribution in [0, 0.1) is 17.2 Å². The highest BCUT2D eigenvalue weighted by atomic mass is 32.1. The topological polar surface area (TPSA) is 40.9 Å². The SMILES string of the molecule is CCC(=S)c1cccc([C](C(=C=O)C#N)c2cccc3ccccc23)c1CC. The van der Waals surface area contributed by atoms with E-state index in [0.717, 1.165) is 50.7 Å². The van der Waals surface area contributed by atoms with Gasteiger partial charge in [0.1, 0.15) is 17.6 Å². The molecule has 0 heterocycles. The molecule has 0 fully saturated rings. The molecule has 0 saturated heterocycles. The van der Waals surface area contributed by atoms with Crippen molar-refractivity contribution in [1.82, 2.24) is 0 Å². The van der Waals surface area contributed by atoms with Crippen LogP contribution in [0.25, 0.3) is 10.8 Å². The van der Waals surface area contributed by atoms with Crippen molar-refractivity contribution in [2.24, 2.45) is 0 Å². The van der Waals surface area contributed by atoms with E-state index in [4.69, 9.17) is 12.2 Å². The van der Waals surface area contributed by atoms with Gasteiger partial charge in [-0.15, -0.1) is 0 Å². The minimum absolute atomic E-state index is 0.00520. The van der Waals surface area contributed by atoms with Crippen molar-refractivity contribution in [3.8, 4) is 6.07 Å². The Labute approximate surface area is 171 Å². The number of carbonyl (C=O) groups excluding carboxylic acids is 1. The smallest absolute Gasteiger partial charge is 0.140 e. The molecule has 0 aliphatic rings. The number of thiocarbonyl (C=S) groups is 1. The van der Waals surface area contributed by atoms with Gasteiger partial charge in [0.25, 0.3) is 0 Å². The van der Waals surface area contributed by atoms with Gasteiger partial charge < -0.3 is 0 Å². The molecular weight excluding hydrogens is 362 g/mol. The van der Waals surface area contributed by atoms with Gasteiger partial charge in [-0.3, -0.25) is 0 Å². The normalized spacial score (nSPS) is 10.5. The molecule has 0 atom stereocenters. The van der Waals surface area contributed by atoms with Crippen LogP contribution in [-0.4, -0.2) is 10.8 Å². The highest BCUT2D eigenvalue weighted by Crippen LogP contribution is 2.37. The van der Waals surface area contributed by atoms with Crippen LogP contribution in [-0.2, 0) is 11.2 Å². The summed E-state index contributed by atoms with van der Waals surface area (Å²) in [7, 11) is 0. The fourth-order valence-electron chi connectivity index (χ4n) is 3.64. The average molecular weight is 383 g/mol. The summed E-state index contributed by atoms with van der Waals surface area (Å²) in [5.41, 5.74) is 3.80. The van der Waals surface area contributed by atoms with Crippen LogP contribution in [0.2, 0.25) is 0 Å². The third-order valence-electron chi connectivity index (χ3n) is 4.94. The maximum absolute atomic E-state index is 11.7. The number of rotatable bonds is 6. The van der Waals surface area contributed by atoms with Crippen LogP contribution >= 0.6 is 12.2 Å². The lowest BCUT2D eigenvalue weighted by Gasteiger charge is -2.22. The summed E-state index contributed by atoms with van der Waals surface area (Å²) in [4.78, 5) is 12.6. The summed E-state index contributed by atoms with van der Waals surface area (Å²) < 4.78 is 0. The fourth-order valence-corrected chi connectivity index (χ4v) is 3.83. The lowest BCUT2D eigenvalue weighted by molar-refractivity contribution is 0.567. The monoisotopic (exact) mass is 382 g/mol. The Balaban J connectivity index is 2.37. The first-order chi connectivity index (χ1) is 13.7. The van der Waals surface area contributed by atoms with Crippen molar-refractivity contribution < 1.29 is 4.79 Å². The lowest BCUT2D eigenvalue weighted by atomic mass is 9.79. The van der Waals surface area contributed by atoms with Crippen LogP contribution in [0.15, 0.2) is 66.2 Å². The average Bonchev–Trinajstić information content (AvgIpc) is 2.76. The molecule has 0 aromatic heterocycles. The first-order valence-corrected chi connectivity index (χ1v) is 9.73. The second-order valence-corrected chi connectivity index (χ2v) is 6.95. The van der Waals surface area contributed by atoms with Crippen LogP contribution in [0.1, 0.15) is 42.5 Å². The number of nitrogens with zero attached hydrogens (tertiary/aromatic N) is 1. The van der Waals surface area contributed by atoms with Gasteiger partial charge in [-0.1, -0.05) is 86.7 Å². The Hall–Kier alpha value is -3.05. The van der Waals surface area contributed by atoms with Gasteiger partial charge in [-0.2, -0.15) is 5.26 Å². The highest BCUT2D eigenvalue weighted by Gasteiger charge is 2.26. The maximum Gasteiger partial charge on any atom is 0.140 e. The first-order valence-electron chi connectivity index (χ1n) is 9.32. The van der Waals surface area contributed by atoms with Gasteiger partial charge >= 0.3 is 0 Å². The Morgan fingerprint density at radius 1 is 0.929 bits per heavy atom. The van der Waals surface area contributed by atoms with Crippen molar-refractivity contribution >= 4 is 33.8 Å². The van der Waals surface area contributed by atoms with E-state index >= 15 is 0 Å². The van der Waals surface area contributed by atoms with Crippen molar-refractivity contribution in [2.75, 3.05) is 0 Å². The molecule has 0 bridgehead atoms. The standard InChI is InChI=1S/C25H20NOS/c1-3-19-21(24(28)4-2)12-8-14-22(19)25(18(15-26)16-27)23-13-7-10-17-9-5-6-11-20(17)23/h5-14H,3-4H2,1-2H3. The predicted molar refractivity (Wildman–Crippen MR) is 118 cm³/mol. The van der Waals surface area contributed by atoms with Crippen molar-refractivity contribution in [3.05, 3.63) is 94.4 Å². The Kier molecular flexibility index (Phi) is 6.16. The van der Waals surface area contributed by atoms with E-state index in [1.807, 2.05) is 73.5 Å².